The molecule has 0 aromatic heterocycles. The molecule has 27 heavy (non-hydrogen) atoms. The molecule has 2 unspecified atom stereocenters. The van der Waals surface area contributed by atoms with Gasteiger partial charge in [0.15, 0.2) is 0 Å². The van der Waals surface area contributed by atoms with Crippen LogP contribution in [0.4, 0.5) is 22.7 Å². The van der Waals surface area contributed by atoms with E-state index in [1.54, 1.807) is 0 Å². The summed E-state index contributed by atoms with van der Waals surface area (Å²) in [5.41, 5.74) is 4.85. The molecule has 0 heterocycles. The third-order valence-corrected chi connectivity index (χ3v) is 5.52. The van der Waals surface area contributed by atoms with Gasteiger partial charge in [0.1, 0.15) is 0 Å². The van der Waals surface area contributed by atoms with Gasteiger partial charge >= 0.3 is 0 Å². The lowest BCUT2D eigenvalue weighted by atomic mass is 10.1. The molecule has 0 radical (unpaired) electrons. The third-order valence-electron chi connectivity index (χ3n) is 5.52. The molecule has 0 aliphatic heterocycles. The number of nitrogens with zero attached hydrogens (tertiary/aromatic N) is 2. The van der Waals surface area contributed by atoms with Crippen molar-refractivity contribution >= 4 is 22.7 Å². The van der Waals surface area contributed by atoms with E-state index in [1.165, 1.54) is 22.7 Å². The first-order valence-corrected chi connectivity index (χ1v) is 10.1. The zero-order valence-corrected chi connectivity index (χ0v) is 17.8. The van der Waals surface area contributed by atoms with Gasteiger partial charge in [-0.3, -0.25) is 0 Å². The molecule has 2 rings (SSSR count). The molecule has 148 valence electrons. The van der Waals surface area contributed by atoms with E-state index in [0.29, 0.717) is 12.1 Å². The van der Waals surface area contributed by atoms with Gasteiger partial charge in [0.25, 0.3) is 0 Å². The molecule has 2 N–H and O–H groups in total. The first-order chi connectivity index (χ1) is 13.1. The van der Waals surface area contributed by atoms with Gasteiger partial charge < -0.3 is 20.4 Å². The van der Waals surface area contributed by atoms with Crippen molar-refractivity contribution in [2.75, 3.05) is 41.2 Å². The summed E-state index contributed by atoms with van der Waals surface area (Å²) in [6.07, 6.45) is 2.19. The van der Waals surface area contributed by atoms with E-state index >= 15 is 0 Å². The fourth-order valence-electron chi connectivity index (χ4n) is 3.38. The van der Waals surface area contributed by atoms with E-state index in [0.717, 1.165) is 19.5 Å². The fraction of sp³-hybridized carbons (Fsp3) is 0.478. The third kappa shape index (κ3) is 4.88. The topological polar surface area (TPSA) is 30.5 Å². The maximum atomic E-state index is 3.36. The van der Waals surface area contributed by atoms with Gasteiger partial charge in [0.2, 0.25) is 0 Å². The van der Waals surface area contributed by atoms with Crippen LogP contribution in [0.5, 0.6) is 0 Å². The quantitative estimate of drug-likeness (QED) is 0.532. The van der Waals surface area contributed by atoms with Crippen LogP contribution in [0.3, 0.4) is 0 Å². The zero-order valence-electron chi connectivity index (χ0n) is 17.8. The molecule has 2 aromatic carbocycles. The Kier molecular flexibility index (Phi) is 7.83. The van der Waals surface area contributed by atoms with Gasteiger partial charge in [-0.25, -0.2) is 0 Å². The van der Waals surface area contributed by atoms with Crippen LogP contribution >= 0.6 is 0 Å². The molecule has 0 bridgehead atoms. The van der Waals surface area contributed by atoms with Gasteiger partial charge in [-0.15, -0.1) is 0 Å². The number of nitrogens with one attached hydrogen (secondary N) is 2. The highest BCUT2D eigenvalue weighted by atomic mass is 15.3. The van der Waals surface area contributed by atoms with E-state index in [1.807, 2.05) is 14.1 Å². The van der Waals surface area contributed by atoms with Gasteiger partial charge in [-0.1, -0.05) is 38.1 Å². The Morgan fingerprint density at radius 3 is 1.41 bits per heavy atom. The van der Waals surface area contributed by atoms with Crippen LogP contribution in [0.2, 0.25) is 0 Å². The van der Waals surface area contributed by atoms with Gasteiger partial charge in [-0.05, 0) is 51.0 Å². The normalized spacial score (nSPS) is 13.0. The Bertz CT molecular complexity index is 641. The van der Waals surface area contributed by atoms with Crippen LogP contribution in [0.25, 0.3) is 0 Å². The summed E-state index contributed by atoms with van der Waals surface area (Å²) in [6, 6.07) is 18.1. The lowest BCUT2D eigenvalue weighted by molar-refractivity contribution is 0.552. The molecule has 0 aliphatic rings. The van der Waals surface area contributed by atoms with Crippen molar-refractivity contribution in [2.45, 2.75) is 52.6 Å². The highest BCUT2D eigenvalue weighted by Gasteiger charge is 2.23. The van der Waals surface area contributed by atoms with Crippen LogP contribution in [0.1, 0.15) is 40.5 Å². The molecular weight excluding hydrogens is 332 g/mol. The number of benzene rings is 2. The second-order valence-corrected chi connectivity index (χ2v) is 7.13. The van der Waals surface area contributed by atoms with Crippen molar-refractivity contribution < 1.29 is 0 Å². The molecule has 0 spiro atoms. The summed E-state index contributed by atoms with van der Waals surface area (Å²) >= 11 is 0. The summed E-state index contributed by atoms with van der Waals surface area (Å²) in [4.78, 5) is 5.04. The standard InChI is InChI=1S/C23H36N4/c1-7-18(3)26(22-15-11-9-13-20(22)24-5)17-27(19(4)8-2)23-16-12-10-14-21(23)25-6/h9-16,18-19,24-25H,7-8,17H2,1-6H3. The summed E-state index contributed by atoms with van der Waals surface area (Å²) in [5, 5.41) is 6.72. The molecule has 0 amide bonds. The molecule has 0 saturated heterocycles. The van der Waals surface area contributed by atoms with Crippen molar-refractivity contribution in [3.05, 3.63) is 48.5 Å². The van der Waals surface area contributed by atoms with Crippen molar-refractivity contribution in [1.82, 2.24) is 0 Å². The summed E-state index contributed by atoms with van der Waals surface area (Å²) < 4.78 is 0. The van der Waals surface area contributed by atoms with Crippen molar-refractivity contribution in [1.29, 1.82) is 0 Å². The molecule has 4 nitrogen and oxygen atoms in total. The van der Waals surface area contributed by atoms with Crippen molar-refractivity contribution in [3.63, 3.8) is 0 Å². The molecule has 0 saturated carbocycles. The maximum absolute atomic E-state index is 3.36. The average Bonchev–Trinajstić information content (AvgIpc) is 2.73. The van der Waals surface area contributed by atoms with E-state index in [4.69, 9.17) is 0 Å². The lowest BCUT2D eigenvalue weighted by Crippen LogP contribution is -2.46. The first kappa shape index (κ1) is 20.9. The Morgan fingerprint density at radius 1 is 0.704 bits per heavy atom. The minimum atomic E-state index is 0.438. The molecule has 2 aromatic rings. The van der Waals surface area contributed by atoms with E-state index in [2.05, 4.69) is 96.7 Å². The second kappa shape index (κ2) is 10.1. The highest BCUT2D eigenvalue weighted by Crippen LogP contribution is 2.32. The second-order valence-electron chi connectivity index (χ2n) is 7.13. The van der Waals surface area contributed by atoms with E-state index in [9.17, 15) is 0 Å². The van der Waals surface area contributed by atoms with Crippen LogP contribution in [-0.2, 0) is 0 Å². The van der Waals surface area contributed by atoms with Gasteiger partial charge in [-0.2, -0.15) is 0 Å². The highest BCUT2D eigenvalue weighted by molar-refractivity contribution is 5.73. The van der Waals surface area contributed by atoms with Crippen molar-refractivity contribution in [3.8, 4) is 0 Å². The Balaban J connectivity index is 2.47. The summed E-state index contributed by atoms with van der Waals surface area (Å²) in [6.45, 7) is 9.99. The number of hydrogen-bond donors (Lipinski definition) is 2. The number of para-hydroxylation sites is 4. The number of anilines is 4. The largest absolute Gasteiger partial charge is 0.386 e. The van der Waals surface area contributed by atoms with Crippen LogP contribution < -0.4 is 20.4 Å². The fourth-order valence-corrected chi connectivity index (χ4v) is 3.38. The average molecular weight is 369 g/mol. The minimum absolute atomic E-state index is 0.438. The lowest BCUT2D eigenvalue weighted by Gasteiger charge is -2.41. The number of rotatable bonds is 10. The zero-order chi connectivity index (χ0) is 19.8. The first-order valence-electron chi connectivity index (χ1n) is 10.1. The molecule has 4 heteroatoms. The van der Waals surface area contributed by atoms with Crippen LogP contribution in [0.15, 0.2) is 48.5 Å². The van der Waals surface area contributed by atoms with E-state index < -0.39 is 0 Å². The molecular formula is C23H36N4. The van der Waals surface area contributed by atoms with E-state index in [-0.39, 0.29) is 0 Å². The van der Waals surface area contributed by atoms with Crippen LogP contribution in [0, 0.1) is 0 Å². The monoisotopic (exact) mass is 368 g/mol. The molecule has 0 aliphatic carbocycles. The van der Waals surface area contributed by atoms with Crippen LogP contribution in [-0.4, -0.2) is 32.8 Å². The molecule has 0 fully saturated rings. The van der Waals surface area contributed by atoms with Crippen molar-refractivity contribution in [2.24, 2.45) is 0 Å². The van der Waals surface area contributed by atoms with Gasteiger partial charge in [0, 0.05) is 26.2 Å². The number of hydrogen-bond acceptors (Lipinski definition) is 4. The predicted octanol–water partition coefficient (Wildman–Crippen LogP) is 5.64. The Labute approximate surface area is 165 Å². The Morgan fingerprint density at radius 2 is 1.07 bits per heavy atom. The maximum Gasteiger partial charge on any atom is 0.0909 e. The smallest absolute Gasteiger partial charge is 0.0909 e. The SMILES string of the molecule is CCC(C)N(CN(c1ccccc1NC)C(C)CC)c1ccccc1NC. The summed E-state index contributed by atoms with van der Waals surface area (Å²) in [5.74, 6) is 0. The molecule has 2 atom stereocenters. The summed E-state index contributed by atoms with van der Waals surface area (Å²) in [7, 11) is 3.99. The predicted molar refractivity (Wildman–Crippen MR) is 121 cm³/mol. The van der Waals surface area contributed by atoms with Gasteiger partial charge in [0.05, 0.1) is 29.4 Å². The Hall–Kier alpha value is -2.36. The minimum Gasteiger partial charge on any atom is -0.386 e.